The van der Waals surface area contributed by atoms with Crippen molar-refractivity contribution in [3.8, 4) is 11.5 Å². The van der Waals surface area contributed by atoms with E-state index in [1.807, 2.05) is 18.2 Å². The molecular formula is C16H21NO3. The van der Waals surface area contributed by atoms with Gasteiger partial charge in [0.2, 0.25) is 5.91 Å². The Bertz CT molecular complexity index is 520. The number of rotatable bonds is 3. The van der Waals surface area contributed by atoms with Gasteiger partial charge >= 0.3 is 0 Å². The van der Waals surface area contributed by atoms with E-state index in [2.05, 4.69) is 12.2 Å². The van der Waals surface area contributed by atoms with Gasteiger partial charge in [-0.2, -0.15) is 0 Å². The Morgan fingerprint density at radius 2 is 2.15 bits per heavy atom. The number of carbonyl (C=O) groups excluding carboxylic acids is 1. The molecule has 1 unspecified atom stereocenters. The molecular weight excluding hydrogens is 254 g/mol. The molecule has 1 amide bonds. The lowest BCUT2D eigenvalue weighted by Gasteiger charge is -2.24. The van der Waals surface area contributed by atoms with E-state index in [1.165, 1.54) is 0 Å². The molecule has 4 nitrogen and oxygen atoms in total. The molecule has 1 aromatic rings. The van der Waals surface area contributed by atoms with Crippen LogP contribution in [0.4, 0.5) is 0 Å². The van der Waals surface area contributed by atoms with Crippen LogP contribution in [0, 0.1) is 5.41 Å². The van der Waals surface area contributed by atoms with Gasteiger partial charge in [0, 0.05) is 11.0 Å². The number of ether oxygens (including phenoxy) is 2. The van der Waals surface area contributed by atoms with Gasteiger partial charge in [-0.1, -0.05) is 31.9 Å². The standard InChI is InChI=1S/C16H21NO3/c1-16(8-3-4-9-16)15(18)17-12-10-20-14-11(12)6-5-7-13(14)19-2/h5-7,12H,3-4,8-10H2,1-2H3,(H,17,18). The first kappa shape index (κ1) is 13.3. The van der Waals surface area contributed by atoms with E-state index in [0.29, 0.717) is 6.61 Å². The molecule has 1 aliphatic carbocycles. The van der Waals surface area contributed by atoms with Crippen LogP contribution in [0.25, 0.3) is 0 Å². The second-order valence-corrected chi connectivity index (χ2v) is 5.98. The average molecular weight is 275 g/mol. The number of carbonyl (C=O) groups is 1. The maximum absolute atomic E-state index is 12.5. The second-order valence-electron chi connectivity index (χ2n) is 5.98. The first-order chi connectivity index (χ1) is 9.64. The summed E-state index contributed by atoms with van der Waals surface area (Å²) in [4.78, 5) is 12.5. The predicted molar refractivity (Wildman–Crippen MR) is 75.9 cm³/mol. The maximum atomic E-state index is 12.5. The number of para-hydroxylation sites is 1. The largest absolute Gasteiger partial charge is 0.493 e. The Labute approximate surface area is 119 Å². The molecule has 1 aromatic carbocycles. The molecule has 4 heteroatoms. The molecule has 0 spiro atoms. The van der Waals surface area contributed by atoms with Crippen molar-refractivity contribution in [3.05, 3.63) is 23.8 Å². The number of methoxy groups -OCH3 is 1. The monoisotopic (exact) mass is 275 g/mol. The Hall–Kier alpha value is -1.71. The Kier molecular flexibility index (Phi) is 3.32. The summed E-state index contributed by atoms with van der Waals surface area (Å²) in [7, 11) is 1.63. The summed E-state index contributed by atoms with van der Waals surface area (Å²) in [5.74, 6) is 1.64. The summed E-state index contributed by atoms with van der Waals surface area (Å²) >= 11 is 0. The topological polar surface area (TPSA) is 47.6 Å². The van der Waals surface area contributed by atoms with E-state index in [4.69, 9.17) is 9.47 Å². The van der Waals surface area contributed by atoms with Crippen LogP contribution >= 0.6 is 0 Å². The van der Waals surface area contributed by atoms with E-state index < -0.39 is 0 Å². The van der Waals surface area contributed by atoms with Gasteiger partial charge in [-0.05, 0) is 18.9 Å². The molecule has 0 radical (unpaired) electrons. The van der Waals surface area contributed by atoms with Crippen molar-refractivity contribution >= 4 is 5.91 Å². The van der Waals surface area contributed by atoms with Crippen LogP contribution in [-0.4, -0.2) is 19.6 Å². The van der Waals surface area contributed by atoms with Gasteiger partial charge in [0.25, 0.3) is 0 Å². The van der Waals surface area contributed by atoms with Crippen molar-refractivity contribution in [1.29, 1.82) is 0 Å². The van der Waals surface area contributed by atoms with Crippen LogP contribution in [0.5, 0.6) is 11.5 Å². The molecule has 108 valence electrons. The number of amides is 1. The van der Waals surface area contributed by atoms with E-state index in [9.17, 15) is 4.79 Å². The molecule has 0 aromatic heterocycles. The highest BCUT2D eigenvalue weighted by Gasteiger charge is 2.38. The SMILES string of the molecule is COc1cccc2c1OCC2NC(=O)C1(C)CCCC1. The third kappa shape index (κ3) is 2.13. The zero-order valence-electron chi connectivity index (χ0n) is 12.1. The lowest BCUT2D eigenvalue weighted by Crippen LogP contribution is -2.39. The number of nitrogens with one attached hydrogen (secondary N) is 1. The molecule has 20 heavy (non-hydrogen) atoms. The van der Waals surface area contributed by atoms with Crippen molar-refractivity contribution in [3.63, 3.8) is 0 Å². The normalized spacial score (nSPS) is 23.0. The molecule has 3 rings (SSSR count). The quantitative estimate of drug-likeness (QED) is 0.922. The molecule has 0 saturated heterocycles. The minimum atomic E-state index is -0.207. The molecule has 1 fully saturated rings. The first-order valence-electron chi connectivity index (χ1n) is 7.25. The molecule has 1 saturated carbocycles. The molecule has 0 bridgehead atoms. The van der Waals surface area contributed by atoms with Crippen LogP contribution in [0.15, 0.2) is 18.2 Å². The van der Waals surface area contributed by atoms with Crippen LogP contribution < -0.4 is 14.8 Å². The average Bonchev–Trinajstić information content (AvgIpc) is 3.06. The summed E-state index contributed by atoms with van der Waals surface area (Å²) < 4.78 is 11.0. The van der Waals surface area contributed by atoms with Crippen molar-refractivity contribution in [1.82, 2.24) is 5.32 Å². The smallest absolute Gasteiger partial charge is 0.226 e. The number of hydrogen-bond donors (Lipinski definition) is 1. The maximum Gasteiger partial charge on any atom is 0.226 e. The number of fused-ring (bicyclic) bond motifs is 1. The summed E-state index contributed by atoms with van der Waals surface area (Å²) in [6.07, 6.45) is 4.26. The molecule has 1 aliphatic heterocycles. The fourth-order valence-corrected chi connectivity index (χ4v) is 3.21. The highest BCUT2D eigenvalue weighted by Crippen LogP contribution is 2.42. The van der Waals surface area contributed by atoms with E-state index >= 15 is 0 Å². The van der Waals surface area contributed by atoms with Crippen LogP contribution in [0.3, 0.4) is 0 Å². The summed E-state index contributed by atoms with van der Waals surface area (Å²) in [6.45, 7) is 2.55. The Morgan fingerprint density at radius 3 is 2.85 bits per heavy atom. The third-order valence-electron chi connectivity index (χ3n) is 4.56. The van der Waals surface area contributed by atoms with Gasteiger partial charge in [-0.3, -0.25) is 4.79 Å². The minimum Gasteiger partial charge on any atom is -0.493 e. The van der Waals surface area contributed by atoms with E-state index in [-0.39, 0.29) is 17.4 Å². The minimum absolute atomic E-state index is 0.0648. The van der Waals surface area contributed by atoms with E-state index in [0.717, 1.165) is 42.7 Å². The molecule has 2 aliphatic rings. The van der Waals surface area contributed by atoms with Crippen LogP contribution in [0.2, 0.25) is 0 Å². The summed E-state index contributed by atoms with van der Waals surface area (Å²) in [5, 5.41) is 3.15. The lowest BCUT2D eigenvalue weighted by molar-refractivity contribution is -0.130. The number of benzene rings is 1. The van der Waals surface area contributed by atoms with Gasteiger partial charge in [-0.25, -0.2) is 0 Å². The van der Waals surface area contributed by atoms with Crippen molar-refractivity contribution in [2.24, 2.45) is 5.41 Å². The highest BCUT2D eigenvalue weighted by atomic mass is 16.5. The third-order valence-corrected chi connectivity index (χ3v) is 4.56. The number of hydrogen-bond acceptors (Lipinski definition) is 3. The van der Waals surface area contributed by atoms with Gasteiger partial charge < -0.3 is 14.8 Å². The van der Waals surface area contributed by atoms with Crippen molar-refractivity contribution < 1.29 is 14.3 Å². The van der Waals surface area contributed by atoms with Gasteiger partial charge in [0.05, 0.1) is 13.2 Å². The highest BCUT2D eigenvalue weighted by molar-refractivity contribution is 5.83. The van der Waals surface area contributed by atoms with Gasteiger partial charge in [0.1, 0.15) is 6.61 Å². The van der Waals surface area contributed by atoms with Crippen LogP contribution in [-0.2, 0) is 4.79 Å². The molecule has 1 N–H and O–H groups in total. The fourth-order valence-electron chi connectivity index (χ4n) is 3.21. The molecule has 1 heterocycles. The fraction of sp³-hybridized carbons (Fsp3) is 0.562. The summed E-state index contributed by atoms with van der Waals surface area (Å²) in [5.41, 5.74) is 0.807. The lowest BCUT2D eigenvalue weighted by atomic mass is 9.87. The Balaban J connectivity index is 1.77. The zero-order valence-corrected chi connectivity index (χ0v) is 12.1. The van der Waals surface area contributed by atoms with E-state index in [1.54, 1.807) is 7.11 Å². The predicted octanol–water partition coefficient (Wildman–Crippen LogP) is 2.83. The Morgan fingerprint density at radius 1 is 1.40 bits per heavy atom. The van der Waals surface area contributed by atoms with Crippen molar-refractivity contribution in [2.75, 3.05) is 13.7 Å². The molecule has 1 atom stereocenters. The zero-order chi connectivity index (χ0) is 14.2. The van der Waals surface area contributed by atoms with Crippen LogP contribution in [0.1, 0.15) is 44.2 Å². The van der Waals surface area contributed by atoms with Gasteiger partial charge in [0.15, 0.2) is 11.5 Å². The van der Waals surface area contributed by atoms with Crippen molar-refractivity contribution in [2.45, 2.75) is 38.6 Å². The second kappa shape index (κ2) is 5.00. The first-order valence-corrected chi connectivity index (χ1v) is 7.25. The summed E-state index contributed by atoms with van der Waals surface area (Å²) in [6, 6.07) is 5.74. The van der Waals surface area contributed by atoms with Gasteiger partial charge in [-0.15, -0.1) is 0 Å².